The van der Waals surface area contributed by atoms with E-state index in [1.165, 1.54) is 10.8 Å². The Kier molecular flexibility index (Phi) is 6.45. The highest BCUT2D eigenvalue weighted by Gasteiger charge is 2.16. The predicted octanol–water partition coefficient (Wildman–Crippen LogP) is 5.60. The van der Waals surface area contributed by atoms with Gasteiger partial charge in [-0.05, 0) is 36.1 Å². The molecule has 2 rings (SSSR count). The van der Waals surface area contributed by atoms with Crippen LogP contribution in [-0.2, 0) is 4.74 Å². The first kappa shape index (κ1) is 17.3. The zero-order chi connectivity index (χ0) is 16.7. The fraction of sp³-hybridized carbons (Fsp3) is 0.450. The zero-order valence-electron chi connectivity index (χ0n) is 14.3. The van der Waals surface area contributed by atoms with Crippen molar-refractivity contribution in [3.63, 3.8) is 0 Å². The number of carbonyl (C=O) groups is 1. The molecule has 3 nitrogen and oxygen atoms in total. The lowest BCUT2D eigenvalue weighted by Gasteiger charge is -2.20. The predicted molar refractivity (Wildman–Crippen MR) is 95.6 cm³/mol. The molecular formula is C20H27NO2. The lowest BCUT2D eigenvalue weighted by molar-refractivity contribution is 0.0866. The molecule has 2 unspecified atom stereocenters. The summed E-state index contributed by atoms with van der Waals surface area (Å²) in [6.07, 6.45) is 3.68. The summed E-state index contributed by atoms with van der Waals surface area (Å²) in [5, 5.41) is 5.32. The van der Waals surface area contributed by atoms with Crippen molar-refractivity contribution < 1.29 is 9.53 Å². The van der Waals surface area contributed by atoms with Gasteiger partial charge in [-0.2, -0.15) is 0 Å². The lowest BCUT2D eigenvalue weighted by atomic mass is 10.00. The maximum atomic E-state index is 12.2. The maximum Gasteiger partial charge on any atom is 0.407 e. The van der Waals surface area contributed by atoms with Gasteiger partial charge < -0.3 is 10.1 Å². The third-order valence-electron chi connectivity index (χ3n) is 4.23. The molecule has 0 heterocycles. The van der Waals surface area contributed by atoms with Crippen LogP contribution in [0.1, 0.15) is 58.1 Å². The minimum Gasteiger partial charge on any atom is -0.446 e. The van der Waals surface area contributed by atoms with Crippen molar-refractivity contribution in [2.24, 2.45) is 0 Å². The van der Waals surface area contributed by atoms with E-state index in [0.29, 0.717) is 0 Å². The Labute approximate surface area is 139 Å². The topological polar surface area (TPSA) is 38.3 Å². The van der Waals surface area contributed by atoms with E-state index in [-0.39, 0.29) is 18.2 Å². The van der Waals surface area contributed by atoms with Crippen LogP contribution in [0.4, 0.5) is 4.79 Å². The van der Waals surface area contributed by atoms with Gasteiger partial charge in [-0.1, -0.05) is 69.2 Å². The molecule has 0 radical (unpaired) electrons. The third-order valence-corrected chi connectivity index (χ3v) is 4.23. The molecule has 0 aromatic heterocycles. The van der Waals surface area contributed by atoms with Crippen LogP contribution in [0.25, 0.3) is 10.8 Å². The van der Waals surface area contributed by atoms with E-state index in [2.05, 4.69) is 43.4 Å². The first-order chi connectivity index (χ1) is 11.2. The standard InChI is InChI=1S/C20H27NO2/c1-4-6-12-17(5-2)23-20(22)21-15(3)18-14-9-11-16-10-7-8-13-19(16)18/h7-11,13-15,17H,4-6,12H2,1-3H3,(H,21,22). The molecule has 3 heteroatoms. The van der Waals surface area contributed by atoms with Crippen molar-refractivity contribution in [2.75, 3.05) is 0 Å². The van der Waals surface area contributed by atoms with E-state index in [1.54, 1.807) is 0 Å². The molecule has 0 aliphatic rings. The van der Waals surface area contributed by atoms with Gasteiger partial charge >= 0.3 is 6.09 Å². The van der Waals surface area contributed by atoms with E-state index in [9.17, 15) is 4.79 Å². The van der Waals surface area contributed by atoms with Crippen molar-refractivity contribution in [1.82, 2.24) is 5.32 Å². The van der Waals surface area contributed by atoms with Crippen molar-refractivity contribution in [2.45, 2.75) is 58.6 Å². The molecule has 0 saturated heterocycles. The van der Waals surface area contributed by atoms with Crippen LogP contribution in [0.2, 0.25) is 0 Å². The normalized spacial score (nSPS) is 13.5. The number of hydrogen-bond acceptors (Lipinski definition) is 2. The Morgan fingerprint density at radius 3 is 2.61 bits per heavy atom. The molecule has 124 valence electrons. The van der Waals surface area contributed by atoms with Gasteiger partial charge in [-0.25, -0.2) is 4.79 Å². The Morgan fingerprint density at radius 2 is 1.87 bits per heavy atom. The number of ether oxygens (including phenoxy) is 1. The summed E-state index contributed by atoms with van der Waals surface area (Å²) in [5.41, 5.74) is 1.11. The smallest absolute Gasteiger partial charge is 0.407 e. The summed E-state index contributed by atoms with van der Waals surface area (Å²) in [5.74, 6) is 0. The SMILES string of the molecule is CCCCC(CC)OC(=O)NC(C)c1cccc2ccccc12. The average molecular weight is 313 g/mol. The van der Waals surface area contributed by atoms with Gasteiger partial charge in [-0.3, -0.25) is 0 Å². The van der Waals surface area contributed by atoms with Gasteiger partial charge in [0.15, 0.2) is 0 Å². The lowest BCUT2D eigenvalue weighted by Crippen LogP contribution is -2.31. The third kappa shape index (κ3) is 4.72. The Hall–Kier alpha value is -2.03. The number of amides is 1. The highest BCUT2D eigenvalue weighted by atomic mass is 16.6. The van der Waals surface area contributed by atoms with Crippen molar-refractivity contribution in [1.29, 1.82) is 0 Å². The van der Waals surface area contributed by atoms with E-state index in [1.807, 2.05) is 25.1 Å². The van der Waals surface area contributed by atoms with Crippen LogP contribution in [0.15, 0.2) is 42.5 Å². The number of alkyl carbamates (subject to hydrolysis) is 1. The van der Waals surface area contributed by atoms with Gasteiger partial charge in [0.2, 0.25) is 0 Å². The van der Waals surface area contributed by atoms with Crippen molar-refractivity contribution >= 4 is 16.9 Å². The van der Waals surface area contributed by atoms with Gasteiger partial charge in [-0.15, -0.1) is 0 Å². The monoisotopic (exact) mass is 313 g/mol. The number of unbranched alkanes of at least 4 members (excludes halogenated alkanes) is 1. The van der Waals surface area contributed by atoms with Crippen LogP contribution in [-0.4, -0.2) is 12.2 Å². The summed E-state index contributed by atoms with van der Waals surface area (Å²) < 4.78 is 5.56. The van der Waals surface area contributed by atoms with Crippen LogP contribution < -0.4 is 5.32 Å². The van der Waals surface area contributed by atoms with Gasteiger partial charge in [0.25, 0.3) is 0 Å². The Bertz CT molecular complexity index is 633. The van der Waals surface area contributed by atoms with Crippen LogP contribution >= 0.6 is 0 Å². The molecule has 0 spiro atoms. The van der Waals surface area contributed by atoms with Gasteiger partial charge in [0.05, 0.1) is 6.04 Å². The molecule has 1 N–H and O–H groups in total. The molecule has 0 fully saturated rings. The minimum atomic E-state index is -0.326. The molecule has 0 bridgehead atoms. The van der Waals surface area contributed by atoms with Gasteiger partial charge in [0.1, 0.15) is 6.10 Å². The molecule has 0 aliphatic heterocycles. The van der Waals surface area contributed by atoms with Crippen molar-refractivity contribution in [3.05, 3.63) is 48.0 Å². The summed E-state index contributed by atoms with van der Waals surface area (Å²) in [4.78, 5) is 12.2. The first-order valence-electron chi connectivity index (χ1n) is 8.60. The maximum absolute atomic E-state index is 12.2. The zero-order valence-corrected chi connectivity index (χ0v) is 14.3. The summed E-state index contributed by atoms with van der Waals surface area (Å²) in [6.45, 7) is 6.20. The molecule has 1 amide bonds. The highest BCUT2D eigenvalue weighted by molar-refractivity contribution is 5.86. The first-order valence-corrected chi connectivity index (χ1v) is 8.60. The number of nitrogens with one attached hydrogen (secondary N) is 1. The fourth-order valence-corrected chi connectivity index (χ4v) is 2.85. The second kappa shape index (κ2) is 8.56. The molecular weight excluding hydrogens is 286 g/mol. The summed E-state index contributed by atoms with van der Waals surface area (Å²) in [6, 6.07) is 14.3. The van der Waals surface area contributed by atoms with Crippen LogP contribution in [0.5, 0.6) is 0 Å². The quantitative estimate of drug-likeness (QED) is 0.723. The van der Waals surface area contributed by atoms with Gasteiger partial charge in [0, 0.05) is 0 Å². The second-order valence-electron chi connectivity index (χ2n) is 6.01. The fourth-order valence-electron chi connectivity index (χ4n) is 2.85. The summed E-state index contributed by atoms with van der Waals surface area (Å²) >= 11 is 0. The number of benzene rings is 2. The van der Waals surface area contributed by atoms with E-state index < -0.39 is 0 Å². The Morgan fingerprint density at radius 1 is 1.13 bits per heavy atom. The molecule has 0 saturated carbocycles. The summed E-state index contributed by atoms with van der Waals surface area (Å²) in [7, 11) is 0. The second-order valence-corrected chi connectivity index (χ2v) is 6.01. The molecule has 23 heavy (non-hydrogen) atoms. The average Bonchev–Trinajstić information content (AvgIpc) is 2.57. The number of rotatable bonds is 7. The molecule has 0 aliphatic carbocycles. The minimum absolute atomic E-state index is 0.00895. The van der Waals surface area contributed by atoms with Crippen molar-refractivity contribution in [3.8, 4) is 0 Å². The highest BCUT2D eigenvalue weighted by Crippen LogP contribution is 2.24. The molecule has 2 atom stereocenters. The number of carbonyl (C=O) groups excluding carboxylic acids is 1. The molecule has 2 aromatic carbocycles. The van der Waals surface area contributed by atoms with E-state index >= 15 is 0 Å². The van der Waals surface area contributed by atoms with Crippen LogP contribution in [0, 0.1) is 0 Å². The van der Waals surface area contributed by atoms with Crippen LogP contribution in [0.3, 0.4) is 0 Å². The largest absolute Gasteiger partial charge is 0.446 e. The van der Waals surface area contributed by atoms with E-state index in [4.69, 9.17) is 4.74 Å². The molecule has 2 aromatic rings. The number of hydrogen-bond donors (Lipinski definition) is 1. The Balaban J connectivity index is 2.02. The van der Waals surface area contributed by atoms with E-state index in [0.717, 1.165) is 31.2 Å². The number of fused-ring (bicyclic) bond motifs is 1.